The number of ketones is 1. The average molecular weight is 559 g/mol. The summed E-state index contributed by atoms with van der Waals surface area (Å²) in [5, 5.41) is 15.0. The molecule has 1 saturated heterocycles. The average Bonchev–Trinajstić information content (AvgIpc) is 3.19. The van der Waals surface area contributed by atoms with Crippen molar-refractivity contribution in [3.63, 3.8) is 0 Å². The fraction of sp³-hybridized carbons (Fsp3) is 0.0968. The molecule has 196 valence electrons. The van der Waals surface area contributed by atoms with Crippen LogP contribution < -0.4 is 15.0 Å². The Morgan fingerprint density at radius 2 is 1.51 bits per heavy atom. The number of aliphatic hydroxyl groups is 1. The quantitative estimate of drug-likeness (QED) is 0.144. The van der Waals surface area contributed by atoms with Crippen molar-refractivity contribution in [3.05, 3.63) is 123 Å². The number of methoxy groups -OCH3 is 1. The molecule has 1 amide bonds. The lowest BCUT2D eigenvalue weighted by Crippen LogP contribution is -2.29. The van der Waals surface area contributed by atoms with Crippen LogP contribution in [0.1, 0.15) is 22.7 Å². The number of hydrogen-bond acceptors (Lipinski definition) is 5. The van der Waals surface area contributed by atoms with E-state index < -0.39 is 17.7 Å². The van der Waals surface area contributed by atoms with Crippen molar-refractivity contribution in [2.45, 2.75) is 13.0 Å². The highest BCUT2D eigenvalue weighted by molar-refractivity contribution is 6.51. The van der Waals surface area contributed by atoms with Crippen molar-refractivity contribution in [1.29, 1.82) is 0 Å². The molecule has 4 aromatic rings. The van der Waals surface area contributed by atoms with Crippen molar-refractivity contribution in [1.82, 2.24) is 0 Å². The normalized spacial score (nSPS) is 16.4. The zero-order valence-corrected chi connectivity index (χ0v) is 22.6. The van der Waals surface area contributed by atoms with E-state index in [9.17, 15) is 14.7 Å². The Hall–Kier alpha value is -4.26. The van der Waals surface area contributed by atoms with Gasteiger partial charge < -0.3 is 15.2 Å². The topological polar surface area (TPSA) is 78.9 Å². The fourth-order valence-corrected chi connectivity index (χ4v) is 5.34. The maximum atomic E-state index is 13.5. The van der Waals surface area contributed by atoms with Crippen molar-refractivity contribution >= 4 is 57.7 Å². The Morgan fingerprint density at radius 3 is 2.13 bits per heavy atom. The van der Waals surface area contributed by atoms with E-state index in [0.29, 0.717) is 11.3 Å². The summed E-state index contributed by atoms with van der Waals surface area (Å²) >= 11 is 12.6. The van der Waals surface area contributed by atoms with E-state index in [4.69, 9.17) is 27.9 Å². The Morgan fingerprint density at radius 1 is 0.872 bits per heavy atom. The molecule has 5 rings (SSSR count). The zero-order chi connectivity index (χ0) is 27.7. The van der Waals surface area contributed by atoms with E-state index >= 15 is 0 Å². The molecule has 1 atom stereocenters. The molecule has 4 aromatic carbocycles. The van der Waals surface area contributed by atoms with Gasteiger partial charge in [0.1, 0.15) is 5.76 Å². The number of anilines is 3. The number of hydrogen-bond donors (Lipinski definition) is 2. The standard InChI is InChI=1S/C31H24Cl2N2O4/c1-18-7-6-8-19(15-18)27-26(28(36)20-16-24(32)30(39-2)25(33)17-20)29(37)31(38)35(27)23-13-11-22(12-14-23)34-21-9-4-3-5-10-21/h3-17,27,34,36H,1-2H3/b28-26+. The molecular formula is C31H24Cl2N2O4. The van der Waals surface area contributed by atoms with E-state index in [2.05, 4.69) is 5.32 Å². The maximum absolute atomic E-state index is 13.5. The van der Waals surface area contributed by atoms with E-state index in [1.54, 1.807) is 12.1 Å². The summed E-state index contributed by atoms with van der Waals surface area (Å²) in [6, 6.07) is 26.4. The summed E-state index contributed by atoms with van der Waals surface area (Å²) in [7, 11) is 1.43. The molecule has 39 heavy (non-hydrogen) atoms. The molecule has 1 heterocycles. The predicted octanol–water partition coefficient (Wildman–Crippen LogP) is 7.68. The second-order valence-corrected chi connectivity index (χ2v) is 9.91. The highest BCUT2D eigenvalue weighted by Crippen LogP contribution is 2.44. The second-order valence-electron chi connectivity index (χ2n) is 9.09. The summed E-state index contributed by atoms with van der Waals surface area (Å²) in [5.41, 5.74) is 3.99. The molecule has 0 saturated carbocycles. The number of benzene rings is 4. The molecule has 1 aliphatic rings. The lowest BCUT2D eigenvalue weighted by Gasteiger charge is -2.26. The summed E-state index contributed by atoms with van der Waals surface area (Å²) < 4.78 is 5.20. The lowest BCUT2D eigenvalue weighted by atomic mass is 9.94. The molecular weight excluding hydrogens is 535 g/mol. The minimum absolute atomic E-state index is 0.0608. The molecule has 6 nitrogen and oxygen atoms in total. The Kier molecular flexibility index (Phi) is 7.33. The number of para-hydroxylation sites is 1. The number of carbonyl (C=O) groups is 2. The van der Waals surface area contributed by atoms with Crippen LogP contribution in [-0.4, -0.2) is 23.9 Å². The minimum Gasteiger partial charge on any atom is -0.507 e. The summed E-state index contributed by atoms with van der Waals surface area (Å²) in [6.07, 6.45) is 0. The number of halogens is 2. The summed E-state index contributed by atoms with van der Waals surface area (Å²) in [6.45, 7) is 1.92. The first kappa shape index (κ1) is 26.4. The van der Waals surface area contributed by atoms with Crippen LogP contribution in [-0.2, 0) is 9.59 Å². The SMILES string of the molecule is COc1c(Cl)cc(/C(O)=C2\C(=O)C(=O)N(c3ccc(Nc4ccccc4)cc3)C2c2cccc(C)c2)cc1Cl. The van der Waals surface area contributed by atoms with Crippen LogP contribution in [0.2, 0.25) is 10.0 Å². The van der Waals surface area contributed by atoms with Gasteiger partial charge in [-0.25, -0.2) is 0 Å². The predicted molar refractivity (Wildman–Crippen MR) is 155 cm³/mol. The van der Waals surface area contributed by atoms with Gasteiger partial charge in [-0.3, -0.25) is 14.5 Å². The number of aryl methyl sites for hydroxylation is 1. The van der Waals surface area contributed by atoms with Gasteiger partial charge in [-0.1, -0.05) is 71.2 Å². The summed E-state index contributed by atoms with van der Waals surface area (Å²) in [5.74, 6) is -1.70. The molecule has 0 radical (unpaired) electrons. The van der Waals surface area contributed by atoms with Gasteiger partial charge in [0, 0.05) is 22.6 Å². The van der Waals surface area contributed by atoms with Crippen LogP contribution in [0.3, 0.4) is 0 Å². The first-order valence-corrected chi connectivity index (χ1v) is 12.9. The Labute approximate surface area is 236 Å². The number of rotatable bonds is 6. The van der Waals surface area contributed by atoms with Crippen molar-refractivity contribution < 1.29 is 19.4 Å². The number of nitrogens with zero attached hydrogens (tertiary/aromatic N) is 1. The number of aliphatic hydroxyl groups excluding tert-OH is 1. The maximum Gasteiger partial charge on any atom is 0.300 e. The number of ether oxygens (including phenoxy) is 1. The van der Waals surface area contributed by atoms with Crippen LogP contribution in [0.4, 0.5) is 17.1 Å². The molecule has 0 spiro atoms. The van der Waals surface area contributed by atoms with Gasteiger partial charge in [0.25, 0.3) is 11.7 Å². The fourth-order valence-electron chi connectivity index (χ4n) is 4.70. The van der Waals surface area contributed by atoms with Crippen LogP contribution in [0.25, 0.3) is 5.76 Å². The summed E-state index contributed by atoms with van der Waals surface area (Å²) in [4.78, 5) is 28.3. The second kappa shape index (κ2) is 10.8. The number of nitrogens with one attached hydrogen (secondary N) is 1. The van der Waals surface area contributed by atoms with Gasteiger partial charge in [0.05, 0.1) is 28.8 Å². The Balaban J connectivity index is 1.62. The van der Waals surface area contributed by atoms with Gasteiger partial charge in [-0.15, -0.1) is 0 Å². The smallest absolute Gasteiger partial charge is 0.300 e. The molecule has 1 aliphatic heterocycles. The van der Waals surface area contributed by atoms with Crippen LogP contribution in [0.15, 0.2) is 96.6 Å². The van der Waals surface area contributed by atoms with Gasteiger partial charge in [-0.2, -0.15) is 0 Å². The monoisotopic (exact) mass is 558 g/mol. The van der Waals surface area contributed by atoms with Crippen molar-refractivity contribution in [2.24, 2.45) is 0 Å². The molecule has 0 aromatic heterocycles. The van der Waals surface area contributed by atoms with E-state index in [0.717, 1.165) is 16.9 Å². The Bertz CT molecular complexity index is 1580. The van der Waals surface area contributed by atoms with E-state index in [1.165, 1.54) is 24.1 Å². The number of Topliss-reactive ketones (excluding diaryl/α,β-unsaturated/α-hetero) is 1. The van der Waals surface area contributed by atoms with Crippen LogP contribution >= 0.6 is 23.2 Å². The lowest BCUT2D eigenvalue weighted by molar-refractivity contribution is -0.132. The third kappa shape index (κ3) is 5.09. The number of amides is 1. The largest absolute Gasteiger partial charge is 0.507 e. The minimum atomic E-state index is -0.877. The van der Waals surface area contributed by atoms with Crippen LogP contribution in [0.5, 0.6) is 5.75 Å². The molecule has 2 N–H and O–H groups in total. The zero-order valence-electron chi connectivity index (χ0n) is 21.1. The number of carbonyl (C=O) groups excluding carboxylic acids is 2. The van der Waals surface area contributed by atoms with Crippen molar-refractivity contribution in [3.8, 4) is 5.75 Å². The van der Waals surface area contributed by atoms with Gasteiger partial charge in [0.15, 0.2) is 5.75 Å². The van der Waals surface area contributed by atoms with Crippen LogP contribution in [0, 0.1) is 6.92 Å². The molecule has 0 bridgehead atoms. The van der Waals surface area contributed by atoms with E-state index in [1.807, 2.05) is 73.7 Å². The van der Waals surface area contributed by atoms with Gasteiger partial charge >= 0.3 is 0 Å². The first-order chi connectivity index (χ1) is 18.8. The molecule has 1 unspecified atom stereocenters. The first-order valence-electron chi connectivity index (χ1n) is 12.1. The van der Waals surface area contributed by atoms with Crippen molar-refractivity contribution in [2.75, 3.05) is 17.3 Å². The van der Waals surface area contributed by atoms with Gasteiger partial charge in [-0.05, 0) is 61.0 Å². The third-order valence-electron chi connectivity index (χ3n) is 6.49. The molecule has 8 heteroatoms. The third-order valence-corrected chi connectivity index (χ3v) is 7.05. The highest BCUT2D eigenvalue weighted by atomic mass is 35.5. The van der Waals surface area contributed by atoms with E-state index in [-0.39, 0.29) is 32.7 Å². The molecule has 0 aliphatic carbocycles. The highest BCUT2D eigenvalue weighted by Gasteiger charge is 2.47. The van der Waals surface area contributed by atoms with Gasteiger partial charge in [0.2, 0.25) is 0 Å². The molecule has 1 fully saturated rings.